The van der Waals surface area contributed by atoms with Gasteiger partial charge in [0.05, 0.1) is 6.42 Å². The van der Waals surface area contributed by atoms with Crippen molar-refractivity contribution in [3.05, 3.63) is 58.9 Å². The van der Waals surface area contributed by atoms with Crippen molar-refractivity contribution in [2.45, 2.75) is 6.42 Å². The predicted molar refractivity (Wildman–Crippen MR) is 80.5 cm³/mol. The Labute approximate surface area is 123 Å². The van der Waals surface area contributed by atoms with Crippen LogP contribution in [0.1, 0.15) is 5.56 Å². The van der Waals surface area contributed by atoms with Crippen molar-refractivity contribution in [3.63, 3.8) is 0 Å². The van der Waals surface area contributed by atoms with Crippen molar-refractivity contribution >= 4 is 38.6 Å². The van der Waals surface area contributed by atoms with E-state index in [9.17, 15) is 4.79 Å². The first kappa shape index (κ1) is 12.9. The molecule has 3 rings (SSSR count). The second kappa shape index (κ2) is 5.46. The average molecular weight is 331 g/mol. The molecule has 2 aromatic carbocycles. The highest BCUT2D eigenvalue weighted by molar-refractivity contribution is 9.10. The number of nitrogens with zero attached hydrogens (tertiary/aromatic N) is 1. The molecular formula is C15H11BrN2O2. The number of hydrogen-bond acceptors (Lipinski definition) is 3. The summed E-state index contributed by atoms with van der Waals surface area (Å²) < 4.78 is 6.15. The molecular weight excluding hydrogens is 320 g/mol. The van der Waals surface area contributed by atoms with E-state index in [4.69, 9.17) is 4.42 Å². The third-order valence-corrected chi connectivity index (χ3v) is 3.36. The van der Waals surface area contributed by atoms with Crippen molar-refractivity contribution < 1.29 is 9.21 Å². The maximum absolute atomic E-state index is 12.0. The van der Waals surface area contributed by atoms with Crippen LogP contribution in [0, 0.1) is 0 Å². The minimum atomic E-state index is -0.0676. The molecule has 3 aromatic rings. The van der Waals surface area contributed by atoms with E-state index in [2.05, 4.69) is 26.2 Å². The molecule has 0 unspecified atom stereocenters. The maximum Gasteiger partial charge on any atom is 0.228 e. The van der Waals surface area contributed by atoms with Crippen LogP contribution in [0.15, 0.2) is 57.7 Å². The summed E-state index contributed by atoms with van der Waals surface area (Å²) in [5.74, 6) is -0.0676. The number of anilines is 1. The van der Waals surface area contributed by atoms with Crippen LogP contribution in [0.25, 0.3) is 11.1 Å². The molecule has 0 aliphatic heterocycles. The van der Waals surface area contributed by atoms with Gasteiger partial charge in [-0.1, -0.05) is 28.1 Å². The quantitative estimate of drug-likeness (QED) is 0.795. The summed E-state index contributed by atoms with van der Waals surface area (Å²) in [5, 5.41) is 2.86. The smallest absolute Gasteiger partial charge is 0.228 e. The number of aromatic nitrogens is 1. The number of oxazole rings is 1. The van der Waals surface area contributed by atoms with E-state index in [1.807, 2.05) is 42.5 Å². The van der Waals surface area contributed by atoms with Crippen molar-refractivity contribution in [2.75, 3.05) is 5.32 Å². The number of carbonyl (C=O) groups excluding carboxylic acids is 1. The molecule has 0 atom stereocenters. The summed E-state index contributed by atoms with van der Waals surface area (Å²) in [4.78, 5) is 16.0. The lowest BCUT2D eigenvalue weighted by atomic mass is 10.1. The van der Waals surface area contributed by atoms with E-state index >= 15 is 0 Å². The minimum absolute atomic E-state index is 0.0676. The maximum atomic E-state index is 12.0. The minimum Gasteiger partial charge on any atom is -0.443 e. The summed E-state index contributed by atoms with van der Waals surface area (Å²) >= 11 is 3.37. The number of nitrogens with one attached hydrogen (secondary N) is 1. The van der Waals surface area contributed by atoms with Gasteiger partial charge < -0.3 is 9.73 Å². The molecule has 0 saturated heterocycles. The van der Waals surface area contributed by atoms with Crippen LogP contribution in [-0.2, 0) is 11.2 Å². The first-order valence-corrected chi connectivity index (χ1v) is 6.87. The number of amides is 1. The number of carbonyl (C=O) groups is 1. The summed E-state index contributed by atoms with van der Waals surface area (Å²) in [5.41, 5.74) is 3.14. The van der Waals surface area contributed by atoms with Crippen LogP contribution in [-0.4, -0.2) is 10.9 Å². The Morgan fingerprint density at radius 2 is 2.15 bits per heavy atom. The second-order valence-corrected chi connectivity index (χ2v) is 5.31. The van der Waals surface area contributed by atoms with E-state index < -0.39 is 0 Å². The van der Waals surface area contributed by atoms with Gasteiger partial charge in [0.2, 0.25) is 5.91 Å². The largest absolute Gasteiger partial charge is 0.443 e. The average Bonchev–Trinajstić information content (AvgIpc) is 2.86. The van der Waals surface area contributed by atoms with Gasteiger partial charge in [-0.05, 0) is 35.9 Å². The molecule has 5 heteroatoms. The van der Waals surface area contributed by atoms with E-state index in [1.54, 1.807) is 0 Å². The normalized spacial score (nSPS) is 10.7. The van der Waals surface area contributed by atoms with Crippen molar-refractivity contribution in [1.29, 1.82) is 0 Å². The molecule has 20 heavy (non-hydrogen) atoms. The Morgan fingerprint density at radius 3 is 3.00 bits per heavy atom. The highest BCUT2D eigenvalue weighted by Gasteiger charge is 2.06. The van der Waals surface area contributed by atoms with E-state index in [0.717, 1.165) is 21.2 Å². The summed E-state index contributed by atoms with van der Waals surface area (Å²) in [6.07, 6.45) is 1.69. The Balaban J connectivity index is 1.72. The first-order chi connectivity index (χ1) is 9.70. The molecule has 1 amide bonds. The molecule has 4 nitrogen and oxygen atoms in total. The van der Waals surface area contributed by atoms with Crippen LogP contribution in [0.3, 0.4) is 0 Å². The van der Waals surface area contributed by atoms with Gasteiger partial charge in [-0.25, -0.2) is 4.98 Å². The number of benzene rings is 2. The van der Waals surface area contributed by atoms with Crippen molar-refractivity contribution in [3.8, 4) is 0 Å². The van der Waals surface area contributed by atoms with Crippen LogP contribution in [0.4, 0.5) is 5.69 Å². The van der Waals surface area contributed by atoms with Crippen molar-refractivity contribution in [2.24, 2.45) is 0 Å². The lowest BCUT2D eigenvalue weighted by Crippen LogP contribution is -2.14. The zero-order chi connectivity index (χ0) is 13.9. The SMILES string of the molecule is O=C(Cc1ccc2ncoc2c1)Nc1cccc(Br)c1. The van der Waals surface area contributed by atoms with Crippen LogP contribution in [0.2, 0.25) is 0 Å². The standard InChI is InChI=1S/C15H11BrN2O2/c16-11-2-1-3-12(8-11)18-15(19)7-10-4-5-13-14(6-10)20-9-17-13/h1-6,8-9H,7H2,(H,18,19). The zero-order valence-electron chi connectivity index (χ0n) is 10.5. The highest BCUT2D eigenvalue weighted by Crippen LogP contribution is 2.17. The molecule has 0 fully saturated rings. The Hall–Kier alpha value is -2.14. The molecule has 1 N–H and O–H groups in total. The Kier molecular flexibility index (Phi) is 3.52. The first-order valence-electron chi connectivity index (χ1n) is 6.08. The second-order valence-electron chi connectivity index (χ2n) is 4.39. The molecule has 1 heterocycles. The number of hydrogen-bond donors (Lipinski definition) is 1. The molecule has 1 aromatic heterocycles. The Morgan fingerprint density at radius 1 is 1.25 bits per heavy atom. The van der Waals surface area contributed by atoms with Crippen LogP contribution >= 0.6 is 15.9 Å². The van der Waals surface area contributed by atoms with Gasteiger partial charge in [0, 0.05) is 10.2 Å². The van der Waals surface area contributed by atoms with Gasteiger partial charge in [0.15, 0.2) is 12.0 Å². The van der Waals surface area contributed by atoms with Gasteiger partial charge in [0.25, 0.3) is 0 Å². The molecule has 0 saturated carbocycles. The lowest BCUT2D eigenvalue weighted by molar-refractivity contribution is -0.115. The highest BCUT2D eigenvalue weighted by atomic mass is 79.9. The Bertz CT molecular complexity index is 767. The fourth-order valence-corrected chi connectivity index (χ4v) is 2.37. The van der Waals surface area contributed by atoms with Crippen molar-refractivity contribution in [1.82, 2.24) is 4.98 Å². The van der Waals surface area contributed by atoms with Crippen LogP contribution < -0.4 is 5.32 Å². The topological polar surface area (TPSA) is 55.1 Å². The number of fused-ring (bicyclic) bond motifs is 1. The van der Waals surface area contributed by atoms with E-state index in [1.165, 1.54) is 6.39 Å². The zero-order valence-corrected chi connectivity index (χ0v) is 12.1. The fraction of sp³-hybridized carbons (Fsp3) is 0.0667. The predicted octanol–water partition coefficient (Wildman–Crippen LogP) is 3.77. The monoisotopic (exact) mass is 330 g/mol. The van der Waals surface area contributed by atoms with E-state index in [-0.39, 0.29) is 5.91 Å². The third kappa shape index (κ3) is 2.88. The lowest BCUT2D eigenvalue weighted by Gasteiger charge is -2.05. The van der Waals surface area contributed by atoms with Gasteiger partial charge in [-0.2, -0.15) is 0 Å². The molecule has 0 spiro atoms. The molecule has 0 radical (unpaired) electrons. The van der Waals surface area contributed by atoms with E-state index in [0.29, 0.717) is 12.0 Å². The number of rotatable bonds is 3. The fourth-order valence-electron chi connectivity index (χ4n) is 1.97. The van der Waals surface area contributed by atoms with Crippen LogP contribution in [0.5, 0.6) is 0 Å². The summed E-state index contributed by atoms with van der Waals surface area (Å²) in [7, 11) is 0. The van der Waals surface area contributed by atoms with Gasteiger partial charge in [0.1, 0.15) is 5.52 Å². The van der Waals surface area contributed by atoms with Gasteiger partial charge in [-0.15, -0.1) is 0 Å². The summed E-state index contributed by atoms with van der Waals surface area (Å²) in [6.45, 7) is 0. The third-order valence-electron chi connectivity index (χ3n) is 2.87. The molecule has 0 bridgehead atoms. The molecule has 0 aliphatic rings. The van der Waals surface area contributed by atoms with Gasteiger partial charge >= 0.3 is 0 Å². The van der Waals surface area contributed by atoms with Gasteiger partial charge in [-0.3, -0.25) is 4.79 Å². The molecule has 100 valence electrons. The number of halogens is 1. The summed E-state index contributed by atoms with van der Waals surface area (Å²) in [6, 6.07) is 13.1. The molecule has 0 aliphatic carbocycles.